The summed E-state index contributed by atoms with van der Waals surface area (Å²) in [5.41, 5.74) is 1.89. The average Bonchev–Trinajstić information content (AvgIpc) is 2.65. The Kier molecular flexibility index (Phi) is 4.77. The Morgan fingerprint density at radius 2 is 1.92 bits per heavy atom. The van der Waals surface area contributed by atoms with Gasteiger partial charge < -0.3 is 10.2 Å². The molecule has 1 aromatic heterocycles. The van der Waals surface area contributed by atoms with E-state index in [4.69, 9.17) is 0 Å². The van der Waals surface area contributed by atoms with Gasteiger partial charge in [-0.3, -0.25) is 4.79 Å². The second-order valence-corrected chi connectivity index (χ2v) is 8.11. The Morgan fingerprint density at radius 1 is 1.16 bits per heavy atom. The zero-order valence-corrected chi connectivity index (χ0v) is 15.3. The smallest absolute Gasteiger partial charge is 0.251 e. The molecule has 5 heteroatoms. The summed E-state index contributed by atoms with van der Waals surface area (Å²) in [6.45, 7) is 5.42. The quantitative estimate of drug-likeness (QED) is 0.915. The lowest BCUT2D eigenvalue weighted by molar-refractivity contribution is 0.0620. The summed E-state index contributed by atoms with van der Waals surface area (Å²) < 4.78 is 0. The Bertz CT molecular complexity index is 737. The number of nitrogens with zero attached hydrogens (tertiary/aromatic N) is 2. The maximum absolute atomic E-state index is 12.5. The largest absolute Gasteiger partial charge is 0.348 e. The number of nitrogens with one attached hydrogen (secondary N) is 1. The molecule has 4 heterocycles. The van der Waals surface area contributed by atoms with Crippen LogP contribution in [0.25, 0.3) is 0 Å². The van der Waals surface area contributed by atoms with Gasteiger partial charge >= 0.3 is 0 Å². The highest BCUT2D eigenvalue weighted by molar-refractivity contribution is 7.99. The molecule has 1 atom stereocenters. The molecular weight excluding hydrogens is 330 g/mol. The van der Waals surface area contributed by atoms with Gasteiger partial charge in [-0.2, -0.15) is 0 Å². The number of hydrogen-bond donors (Lipinski definition) is 1. The number of carbonyl (C=O) groups excluding carboxylic acids is 1. The molecule has 1 unspecified atom stereocenters. The van der Waals surface area contributed by atoms with Crippen molar-refractivity contribution < 1.29 is 4.79 Å². The van der Waals surface area contributed by atoms with E-state index >= 15 is 0 Å². The van der Waals surface area contributed by atoms with Crippen molar-refractivity contribution in [2.75, 3.05) is 19.6 Å². The molecule has 3 aliphatic heterocycles. The third-order valence-electron chi connectivity index (χ3n) is 5.20. The summed E-state index contributed by atoms with van der Waals surface area (Å²) in [5, 5.41) is 4.21. The fourth-order valence-corrected chi connectivity index (χ4v) is 4.45. The highest BCUT2D eigenvalue weighted by Crippen LogP contribution is 2.28. The van der Waals surface area contributed by atoms with Crippen LogP contribution in [0.3, 0.4) is 0 Å². The van der Waals surface area contributed by atoms with Crippen LogP contribution in [0.4, 0.5) is 0 Å². The molecule has 0 saturated carbocycles. The molecule has 5 rings (SSSR count). The second-order valence-electron chi connectivity index (χ2n) is 7.02. The van der Waals surface area contributed by atoms with Crippen LogP contribution in [0.1, 0.15) is 28.8 Å². The zero-order valence-electron chi connectivity index (χ0n) is 14.4. The molecule has 0 radical (unpaired) electrons. The molecule has 1 aromatic carbocycles. The number of amides is 1. The lowest BCUT2D eigenvalue weighted by Gasteiger charge is -2.44. The van der Waals surface area contributed by atoms with Crippen LogP contribution >= 0.6 is 11.8 Å². The third kappa shape index (κ3) is 3.88. The van der Waals surface area contributed by atoms with E-state index in [1.807, 2.05) is 43.5 Å². The minimum Gasteiger partial charge on any atom is -0.348 e. The highest BCUT2D eigenvalue weighted by Gasteiger charge is 2.34. The standard InChI is InChI=1S/C20H23N3OS/c1-14-2-7-19(21-12-14)25-17-5-3-16(4-6-17)20(24)22-18-13-23-10-8-15(18)9-11-23/h2-7,12,15,18H,8-11,13H2,1H3,(H,22,24). The molecule has 3 saturated heterocycles. The van der Waals surface area contributed by atoms with Crippen molar-refractivity contribution in [1.29, 1.82) is 0 Å². The maximum atomic E-state index is 12.5. The van der Waals surface area contributed by atoms with E-state index in [0.29, 0.717) is 12.0 Å². The Hall–Kier alpha value is -1.85. The van der Waals surface area contributed by atoms with Crippen LogP contribution in [0.15, 0.2) is 52.5 Å². The molecule has 4 nitrogen and oxygen atoms in total. The fraction of sp³-hybridized carbons (Fsp3) is 0.400. The number of pyridine rings is 1. The number of fused-ring (bicyclic) bond motifs is 3. The number of carbonyl (C=O) groups is 1. The monoisotopic (exact) mass is 353 g/mol. The van der Waals surface area contributed by atoms with Gasteiger partial charge in [0.25, 0.3) is 5.91 Å². The van der Waals surface area contributed by atoms with E-state index in [1.54, 1.807) is 11.8 Å². The van der Waals surface area contributed by atoms with E-state index in [1.165, 1.54) is 25.9 Å². The predicted molar refractivity (Wildman–Crippen MR) is 100.0 cm³/mol. The first kappa shape index (κ1) is 16.6. The van der Waals surface area contributed by atoms with Gasteiger partial charge in [0.15, 0.2) is 0 Å². The van der Waals surface area contributed by atoms with Gasteiger partial charge in [-0.25, -0.2) is 4.98 Å². The number of aromatic nitrogens is 1. The van der Waals surface area contributed by atoms with Crippen LogP contribution < -0.4 is 5.32 Å². The highest BCUT2D eigenvalue weighted by atomic mass is 32.2. The fourth-order valence-electron chi connectivity index (χ4n) is 3.69. The van der Waals surface area contributed by atoms with Crippen LogP contribution in [-0.4, -0.2) is 41.5 Å². The molecule has 130 valence electrons. The zero-order chi connectivity index (χ0) is 17.2. The lowest BCUT2D eigenvalue weighted by Crippen LogP contribution is -2.57. The van der Waals surface area contributed by atoms with Crippen molar-refractivity contribution in [2.45, 2.75) is 35.7 Å². The van der Waals surface area contributed by atoms with Gasteiger partial charge in [-0.15, -0.1) is 0 Å². The van der Waals surface area contributed by atoms with Crippen LogP contribution in [0, 0.1) is 12.8 Å². The van der Waals surface area contributed by atoms with Crippen molar-refractivity contribution in [3.63, 3.8) is 0 Å². The molecule has 1 amide bonds. The van der Waals surface area contributed by atoms with Gasteiger partial charge in [0.2, 0.25) is 0 Å². The van der Waals surface area contributed by atoms with Gasteiger partial charge in [0.1, 0.15) is 5.03 Å². The second kappa shape index (κ2) is 7.18. The summed E-state index contributed by atoms with van der Waals surface area (Å²) in [7, 11) is 0. The SMILES string of the molecule is Cc1ccc(Sc2ccc(C(=O)NC3CN4CCC3CC4)cc2)nc1. The maximum Gasteiger partial charge on any atom is 0.251 e. The normalized spacial score (nSPS) is 24.9. The van der Waals surface area contributed by atoms with Crippen molar-refractivity contribution in [3.8, 4) is 0 Å². The Balaban J connectivity index is 1.38. The van der Waals surface area contributed by atoms with E-state index in [-0.39, 0.29) is 5.91 Å². The minimum atomic E-state index is 0.0451. The summed E-state index contributed by atoms with van der Waals surface area (Å²) in [5.74, 6) is 0.695. The number of aryl methyl sites for hydroxylation is 1. The van der Waals surface area contributed by atoms with E-state index < -0.39 is 0 Å². The topological polar surface area (TPSA) is 45.2 Å². The molecule has 3 aliphatic rings. The predicted octanol–water partition coefficient (Wildman–Crippen LogP) is 3.37. The summed E-state index contributed by atoms with van der Waals surface area (Å²) >= 11 is 1.61. The first-order valence-corrected chi connectivity index (χ1v) is 9.73. The van der Waals surface area contributed by atoms with Crippen LogP contribution in [-0.2, 0) is 0 Å². The number of benzene rings is 1. The van der Waals surface area contributed by atoms with E-state index in [2.05, 4.69) is 21.3 Å². The van der Waals surface area contributed by atoms with Crippen LogP contribution in [0.5, 0.6) is 0 Å². The first-order chi connectivity index (χ1) is 12.2. The molecule has 0 spiro atoms. The van der Waals surface area contributed by atoms with Crippen LogP contribution in [0.2, 0.25) is 0 Å². The van der Waals surface area contributed by atoms with Gasteiger partial charge in [0.05, 0.1) is 0 Å². The summed E-state index contributed by atoms with van der Waals surface area (Å²) in [4.78, 5) is 20.5. The van der Waals surface area contributed by atoms with Gasteiger partial charge in [-0.1, -0.05) is 17.8 Å². The van der Waals surface area contributed by atoms with E-state index in [9.17, 15) is 4.79 Å². The lowest BCUT2D eigenvalue weighted by atomic mass is 9.84. The first-order valence-electron chi connectivity index (χ1n) is 8.91. The van der Waals surface area contributed by atoms with Crippen molar-refractivity contribution in [2.24, 2.45) is 5.92 Å². The molecule has 3 fully saturated rings. The van der Waals surface area contributed by atoms with E-state index in [0.717, 1.165) is 27.6 Å². The molecule has 2 aromatic rings. The summed E-state index contributed by atoms with van der Waals surface area (Å²) in [6.07, 6.45) is 4.30. The number of rotatable bonds is 4. The van der Waals surface area contributed by atoms with Crippen molar-refractivity contribution in [3.05, 3.63) is 53.7 Å². The molecule has 25 heavy (non-hydrogen) atoms. The minimum absolute atomic E-state index is 0.0451. The molecule has 2 bridgehead atoms. The number of hydrogen-bond acceptors (Lipinski definition) is 4. The van der Waals surface area contributed by atoms with Crippen molar-refractivity contribution >= 4 is 17.7 Å². The molecule has 1 N–H and O–H groups in total. The number of piperidine rings is 3. The Labute approximate surface area is 153 Å². The summed E-state index contributed by atoms with van der Waals surface area (Å²) in [6, 6.07) is 12.2. The van der Waals surface area contributed by atoms with Crippen molar-refractivity contribution in [1.82, 2.24) is 15.2 Å². The average molecular weight is 353 g/mol. The van der Waals surface area contributed by atoms with Gasteiger partial charge in [0, 0.05) is 29.2 Å². The van der Waals surface area contributed by atoms with Gasteiger partial charge in [-0.05, 0) is 74.7 Å². The third-order valence-corrected chi connectivity index (χ3v) is 6.15. The molecule has 0 aliphatic carbocycles. The molecular formula is C20H23N3OS. The Morgan fingerprint density at radius 3 is 2.52 bits per heavy atom.